The summed E-state index contributed by atoms with van der Waals surface area (Å²) < 4.78 is 16.8. The Morgan fingerprint density at radius 1 is 1.17 bits per heavy atom. The van der Waals surface area contributed by atoms with Gasteiger partial charge in [0.05, 0.1) is 12.7 Å². The number of nitrogens with two attached hydrogens (primary N) is 1. The molecule has 2 saturated heterocycles. The SMILES string of the molecule is NC[C@H]1CC[C@@H](C(=O)Nc2ccc(OCC3CCOCC3)cc2)O1. The van der Waals surface area contributed by atoms with Crippen LogP contribution >= 0.6 is 0 Å². The van der Waals surface area contributed by atoms with Gasteiger partial charge in [-0.05, 0) is 55.9 Å². The molecule has 0 unspecified atom stereocenters. The molecule has 0 saturated carbocycles. The molecule has 3 N–H and O–H groups in total. The highest BCUT2D eigenvalue weighted by molar-refractivity contribution is 5.94. The summed E-state index contributed by atoms with van der Waals surface area (Å²) in [5.41, 5.74) is 6.32. The summed E-state index contributed by atoms with van der Waals surface area (Å²) in [5.74, 6) is 1.27. The Hall–Kier alpha value is -1.63. The van der Waals surface area contributed by atoms with Crippen LogP contribution in [0.2, 0.25) is 0 Å². The molecule has 2 aliphatic heterocycles. The van der Waals surface area contributed by atoms with Gasteiger partial charge in [0.1, 0.15) is 11.9 Å². The molecular formula is C18H26N2O4. The number of hydrogen-bond donors (Lipinski definition) is 2. The average molecular weight is 334 g/mol. The predicted molar refractivity (Wildman–Crippen MR) is 91.1 cm³/mol. The van der Waals surface area contributed by atoms with Crippen molar-refractivity contribution >= 4 is 11.6 Å². The van der Waals surface area contributed by atoms with Crippen LogP contribution in [0.3, 0.4) is 0 Å². The first-order valence-electron chi connectivity index (χ1n) is 8.71. The van der Waals surface area contributed by atoms with E-state index in [-0.39, 0.29) is 12.0 Å². The molecule has 0 radical (unpaired) electrons. The van der Waals surface area contributed by atoms with Crippen LogP contribution in [-0.2, 0) is 14.3 Å². The van der Waals surface area contributed by atoms with Crippen LogP contribution in [0.4, 0.5) is 5.69 Å². The second kappa shape index (κ2) is 8.46. The summed E-state index contributed by atoms with van der Waals surface area (Å²) in [6.45, 7) is 2.83. The van der Waals surface area contributed by atoms with Crippen molar-refractivity contribution in [3.63, 3.8) is 0 Å². The third-order valence-corrected chi connectivity index (χ3v) is 4.61. The largest absolute Gasteiger partial charge is 0.493 e. The Balaban J connectivity index is 1.44. The van der Waals surface area contributed by atoms with Gasteiger partial charge in [-0.2, -0.15) is 0 Å². The molecule has 1 amide bonds. The molecule has 6 nitrogen and oxygen atoms in total. The van der Waals surface area contributed by atoms with Gasteiger partial charge in [0.2, 0.25) is 0 Å². The molecule has 1 aromatic carbocycles. The quantitative estimate of drug-likeness (QED) is 0.831. The fourth-order valence-corrected chi connectivity index (χ4v) is 3.06. The van der Waals surface area contributed by atoms with Crippen LogP contribution in [0.15, 0.2) is 24.3 Å². The monoisotopic (exact) mass is 334 g/mol. The van der Waals surface area contributed by atoms with Gasteiger partial charge in [0.15, 0.2) is 0 Å². The first-order valence-corrected chi connectivity index (χ1v) is 8.71. The van der Waals surface area contributed by atoms with E-state index in [1.54, 1.807) is 0 Å². The third kappa shape index (κ3) is 4.69. The van der Waals surface area contributed by atoms with E-state index >= 15 is 0 Å². The van der Waals surface area contributed by atoms with Crippen molar-refractivity contribution in [1.29, 1.82) is 0 Å². The molecular weight excluding hydrogens is 308 g/mol. The summed E-state index contributed by atoms with van der Waals surface area (Å²) in [7, 11) is 0. The lowest BCUT2D eigenvalue weighted by molar-refractivity contribution is -0.126. The van der Waals surface area contributed by atoms with E-state index in [0.717, 1.165) is 50.3 Å². The third-order valence-electron chi connectivity index (χ3n) is 4.61. The lowest BCUT2D eigenvalue weighted by Crippen LogP contribution is -2.29. The maximum absolute atomic E-state index is 12.2. The number of carbonyl (C=O) groups excluding carboxylic acids is 1. The van der Waals surface area contributed by atoms with Crippen LogP contribution in [0, 0.1) is 5.92 Å². The lowest BCUT2D eigenvalue weighted by Gasteiger charge is -2.22. The predicted octanol–water partition coefficient (Wildman–Crippen LogP) is 1.94. The van der Waals surface area contributed by atoms with Crippen molar-refractivity contribution in [2.75, 3.05) is 31.7 Å². The first kappa shape index (κ1) is 17.2. The van der Waals surface area contributed by atoms with Gasteiger partial charge in [-0.15, -0.1) is 0 Å². The molecule has 6 heteroatoms. The highest BCUT2D eigenvalue weighted by Crippen LogP contribution is 2.22. The van der Waals surface area contributed by atoms with Crippen molar-refractivity contribution in [2.45, 2.75) is 37.9 Å². The minimum atomic E-state index is -0.400. The van der Waals surface area contributed by atoms with Gasteiger partial charge in [-0.3, -0.25) is 4.79 Å². The summed E-state index contributed by atoms with van der Waals surface area (Å²) in [5, 5.41) is 2.88. The number of ether oxygens (including phenoxy) is 3. The number of benzene rings is 1. The lowest BCUT2D eigenvalue weighted by atomic mass is 10.0. The van der Waals surface area contributed by atoms with Crippen LogP contribution in [0.5, 0.6) is 5.75 Å². The number of amides is 1. The molecule has 2 heterocycles. The van der Waals surface area contributed by atoms with Crippen molar-refractivity contribution in [1.82, 2.24) is 0 Å². The highest BCUT2D eigenvalue weighted by Gasteiger charge is 2.29. The van der Waals surface area contributed by atoms with Crippen LogP contribution in [0.25, 0.3) is 0 Å². The van der Waals surface area contributed by atoms with E-state index in [2.05, 4.69) is 5.32 Å². The van der Waals surface area contributed by atoms with Crippen molar-refractivity contribution in [3.05, 3.63) is 24.3 Å². The zero-order valence-corrected chi connectivity index (χ0v) is 13.9. The Bertz CT molecular complexity index is 528. The zero-order valence-electron chi connectivity index (χ0n) is 13.9. The normalized spacial score (nSPS) is 24.7. The van der Waals surface area contributed by atoms with Gasteiger partial charge in [-0.25, -0.2) is 0 Å². The van der Waals surface area contributed by atoms with Crippen molar-refractivity contribution in [3.8, 4) is 5.75 Å². The summed E-state index contributed by atoms with van der Waals surface area (Å²) >= 11 is 0. The Morgan fingerprint density at radius 3 is 2.58 bits per heavy atom. The second-order valence-electron chi connectivity index (χ2n) is 6.44. The minimum absolute atomic E-state index is 0.00159. The smallest absolute Gasteiger partial charge is 0.253 e. The van der Waals surface area contributed by atoms with Gasteiger partial charge in [-0.1, -0.05) is 0 Å². The molecule has 0 aromatic heterocycles. The van der Waals surface area contributed by atoms with Crippen molar-refractivity contribution in [2.24, 2.45) is 11.7 Å². The Kier molecular flexibility index (Phi) is 6.07. The molecule has 2 aliphatic rings. The van der Waals surface area contributed by atoms with Crippen LogP contribution in [0.1, 0.15) is 25.7 Å². The molecule has 3 rings (SSSR count). The van der Waals surface area contributed by atoms with Gasteiger partial charge in [0, 0.05) is 25.4 Å². The molecule has 1 aromatic rings. The Labute approximate surface area is 142 Å². The van der Waals surface area contributed by atoms with E-state index in [1.807, 2.05) is 24.3 Å². The average Bonchev–Trinajstić information content (AvgIpc) is 3.11. The van der Waals surface area contributed by atoms with E-state index in [1.165, 1.54) is 0 Å². The van der Waals surface area contributed by atoms with E-state index in [4.69, 9.17) is 19.9 Å². The van der Waals surface area contributed by atoms with Gasteiger partial charge in [0.25, 0.3) is 5.91 Å². The maximum atomic E-state index is 12.2. The number of rotatable bonds is 6. The van der Waals surface area contributed by atoms with Crippen molar-refractivity contribution < 1.29 is 19.0 Å². The van der Waals surface area contributed by atoms with Gasteiger partial charge < -0.3 is 25.3 Å². The summed E-state index contributed by atoms with van der Waals surface area (Å²) in [6, 6.07) is 7.47. The summed E-state index contributed by atoms with van der Waals surface area (Å²) in [6.07, 6.45) is 3.27. The first-order chi connectivity index (χ1) is 11.7. The molecule has 2 atom stereocenters. The number of nitrogens with one attached hydrogen (secondary N) is 1. The van der Waals surface area contributed by atoms with Gasteiger partial charge >= 0.3 is 0 Å². The molecule has 0 spiro atoms. The van der Waals surface area contributed by atoms with Crippen LogP contribution in [-0.4, -0.2) is 44.5 Å². The fourth-order valence-electron chi connectivity index (χ4n) is 3.06. The topological polar surface area (TPSA) is 82.8 Å². The molecule has 24 heavy (non-hydrogen) atoms. The molecule has 0 bridgehead atoms. The number of carbonyl (C=O) groups is 1. The number of anilines is 1. The molecule has 0 aliphatic carbocycles. The Morgan fingerprint density at radius 2 is 1.92 bits per heavy atom. The number of hydrogen-bond acceptors (Lipinski definition) is 5. The fraction of sp³-hybridized carbons (Fsp3) is 0.611. The summed E-state index contributed by atoms with van der Waals surface area (Å²) in [4.78, 5) is 12.2. The zero-order chi connectivity index (χ0) is 16.8. The van der Waals surface area contributed by atoms with Crippen LogP contribution < -0.4 is 15.8 Å². The van der Waals surface area contributed by atoms with E-state index in [0.29, 0.717) is 19.1 Å². The standard InChI is InChI=1S/C18H26N2O4/c19-11-16-5-6-17(24-16)18(21)20-14-1-3-15(4-2-14)23-12-13-7-9-22-10-8-13/h1-4,13,16-17H,5-12,19H2,(H,20,21)/t16-,17+/m1/s1. The maximum Gasteiger partial charge on any atom is 0.253 e. The molecule has 132 valence electrons. The highest BCUT2D eigenvalue weighted by atomic mass is 16.5. The minimum Gasteiger partial charge on any atom is -0.493 e. The molecule has 2 fully saturated rings. The van der Waals surface area contributed by atoms with E-state index < -0.39 is 6.10 Å². The van der Waals surface area contributed by atoms with E-state index in [9.17, 15) is 4.79 Å². The second-order valence-corrected chi connectivity index (χ2v) is 6.44.